The van der Waals surface area contributed by atoms with Crippen molar-refractivity contribution in [3.05, 3.63) is 95.8 Å². The van der Waals surface area contributed by atoms with Gasteiger partial charge in [-0.1, -0.05) is 24.3 Å². The predicted octanol–water partition coefficient (Wildman–Crippen LogP) is 6.12. The molecule has 1 aromatic heterocycles. The number of carbonyl (C=O) groups excluding carboxylic acids is 1. The van der Waals surface area contributed by atoms with Gasteiger partial charge in [0.15, 0.2) is 0 Å². The number of hydrogen-bond acceptors (Lipinski definition) is 3. The van der Waals surface area contributed by atoms with E-state index in [2.05, 4.69) is 40.2 Å². The van der Waals surface area contributed by atoms with Crippen molar-refractivity contribution in [1.29, 1.82) is 0 Å². The third-order valence-electron chi connectivity index (χ3n) is 5.50. The van der Waals surface area contributed by atoms with E-state index in [-0.39, 0.29) is 11.9 Å². The molecule has 0 saturated heterocycles. The van der Waals surface area contributed by atoms with Crippen molar-refractivity contribution in [1.82, 2.24) is 4.98 Å². The Kier molecular flexibility index (Phi) is 4.96. The number of pyridine rings is 1. The maximum absolute atomic E-state index is 13.0. The summed E-state index contributed by atoms with van der Waals surface area (Å²) in [5.41, 5.74) is 4.76. The Bertz CT molecular complexity index is 1260. The van der Waals surface area contributed by atoms with E-state index in [1.54, 1.807) is 0 Å². The summed E-state index contributed by atoms with van der Waals surface area (Å²) in [5, 5.41) is 9.95. The molecule has 5 nitrogen and oxygen atoms in total. The lowest BCUT2D eigenvalue weighted by Crippen LogP contribution is -2.19. The van der Waals surface area contributed by atoms with Crippen LogP contribution in [0.3, 0.4) is 0 Å². The van der Waals surface area contributed by atoms with Gasteiger partial charge in [0.1, 0.15) is 11.6 Å². The van der Waals surface area contributed by atoms with Crippen LogP contribution in [0.5, 0.6) is 0 Å². The van der Waals surface area contributed by atoms with E-state index in [1.165, 1.54) is 35.4 Å². The van der Waals surface area contributed by atoms with E-state index in [9.17, 15) is 9.18 Å². The van der Waals surface area contributed by atoms with Gasteiger partial charge in [0.25, 0.3) is 0 Å². The molecule has 3 N–H and O–H groups in total. The van der Waals surface area contributed by atoms with Gasteiger partial charge in [-0.2, -0.15) is 0 Å². The van der Waals surface area contributed by atoms with Gasteiger partial charge in [-0.15, -0.1) is 0 Å². The summed E-state index contributed by atoms with van der Waals surface area (Å²) >= 11 is 0. The highest BCUT2D eigenvalue weighted by atomic mass is 19.1. The largest absolute Gasteiger partial charge is 0.363 e. The van der Waals surface area contributed by atoms with E-state index in [1.807, 2.05) is 30.3 Å². The first-order chi connectivity index (χ1) is 15.1. The second-order valence-electron chi connectivity index (χ2n) is 7.62. The Morgan fingerprint density at radius 2 is 1.68 bits per heavy atom. The van der Waals surface area contributed by atoms with Crippen LogP contribution in [0.1, 0.15) is 23.6 Å². The first-order valence-corrected chi connectivity index (χ1v) is 10.2. The SMILES string of the molecule is O=C(Nc1ccc(F)cc1)Nc1ccc2nc(N[C@@H]3CCc4ccccc43)ccc2c1. The Labute approximate surface area is 179 Å². The lowest BCUT2D eigenvalue weighted by Gasteiger charge is -2.15. The van der Waals surface area contributed by atoms with Crippen LogP contribution in [0.15, 0.2) is 78.9 Å². The molecule has 4 aromatic rings. The summed E-state index contributed by atoms with van der Waals surface area (Å²) in [7, 11) is 0. The highest BCUT2D eigenvalue weighted by Gasteiger charge is 2.21. The second-order valence-corrected chi connectivity index (χ2v) is 7.62. The molecule has 0 aliphatic heterocycles. The van der Waals surface area contributed by atoms with Crippen LogP contribution in [0.2, 0.25) is 0 Å². The van der Waals surface area contributed by atoms with E-state index < -0.39 is 6.03 Å². The third kappa shape index (κ3) is 4.19. The third-order valence-corrected chi connectivity index (χ3v) is 5.50. The number of hydrogen-bond donors (Lipinski definition) is 3. The van der Waals surface area contributed by atoms with Gasteiger partial charge in [0, 0.05) is 16.8 Å². The van der Waals surface area contributed by atoms with Crippen molar-refractivity contribution in [3.63, 3.8) is 0 Å². The van der Waals surface area contributed by atoms with Crippen molar-refractivity contribution in [3.8, 4) is 0 Å². The topological polar surface area (TPSA) is 66.0 Å². The van der Waals surface area contributed by atoms with Crippen molar-refractivity contribution in [2.24, 2.45) is 0 Å². The average Bonchev–Trinajstić information content (AvgIpc) is 3.18. The van der Waals surface area contributed by atoms with Gasteiger partial charge in [0.05, 0.1) is 11.6 Å². The van der Waals surface area contributed by atoms with Gasteiger partial charge in [-0.05, 0) is 78.6 Å². The summed E-state index contributed by atoms with van der Waals surface area (Å²) in [5.74, 6) is 0.489. The number of carbonyl (C=O) groups is 1. The molecule has 1 heterocycles. The standard InChI is InChI=1S/C25H21FN4O/c26-18-7-9-19(10-8-18)27-25(31)28-20-11-13-22-17(15-20)6-14-24(29-22)30-23-12-5-16-3-1-2-4-21(16)23/h1-4,6-11,13-15,23H,5,12H2,(H,29,30)(H2,27,28,31)/t23-/m1/s1. The molecule has 0 saturated carbocycles. The molecule has 0 fully saturated rings. The smallest absolute Gasteiger partial charge is 0.323 e. The van der Waals surface area contributed by atoms with E-state index in [0.717, 1.165) is 29.6 Å². The number of aryl methyl sites for hydroxylation is 1. The fraction of sp³-hybridized carbons (Fsp3) is 0.120. The number of anilines is 3. The summed E-state index contributed by atoms with van der Waals surface area (Å²) in [6, 6.07) is 23.6. The maximum Gasteiger partial charge on any atom is 0.323 e. The first kappa shape index (κ1) is 19.1. The van der Waals surface area contributed by atoms with Gasteiger partial charge in [-0.25, -0.2) is 14.2 Å². The van der Waals surface area contributed by atoms with Crippen LogP contribution in [0.4, 0.5) is 26.4 Å². The van der Waals surface area contributed by atoms with Crippen LogP contribution in [0.25, 0.3) is 10.9 Å². The average molecular weight is 412 g/mol. The van der Waals surface area contributed by atoms with Gasteiger partial charge < -0.3 is 16.0 Å². The molecule has 5 rings (SSSR count). The van der Waals surface area contributed by atoms with Crippen LogP contribution < -0.4 is 16.0 Å². The maximum atomic E-state index is 13.0. The monoisotopic (exact) mass is 412 g/mol. The van der Waals surface area contributed by atoms with Crippen molar-refractivity contribution >= 4 is 34.1 Å². The number of urea groups is 1. The molecule has 6 heteroatoms. The quantitative estimate of drug-likeness (QED) is 0.378. The van der Waals surface area contributed by atoms with E-state index in [4.69, 9.17) is 4.98 Å². The minimum Gasteiger partial charge on any atom is -0.363 e. The van der Waals surface area contributed by atoms with E-state index in [0.29, 0.717) is 11.4 Å². The van der Waals surface area contributed by atoms with Crippen molar-refractivity contribution < 1.29 is 9.18 Å². The molecule has 31 heavy (non-hydrogen) atoms. The predicted molar refractivity (Wildman–Crippen MR) is 122 cm³/mol. The molecule has 0 radical (unpaired) electrons. The molecule has 0 bridgehead atoms. The zero-order valence-corrected chi connectivity index (χ0v) is 16.7. The number of amides is 2. The minimum absolute atomic E-state index is 0.275. The number of halogens is 1. The minimum atomic E-state index is -0.392. The number of rotatable bonds is 4. The molecular weight excluding hydrogens is 391 g/mol. The van der Waals surface area contributed by atoms with Gasteiger partial charge >= 0.3 is 6.03 Å². The molecule has 0 spiro atoms. The molecule has 1 aliphatic carbocycles. The van der Waals surface area contributed by atoms with Crippen LogP contribution >= 0.6 is 0 Å². The molecule has 1 atom stereocenters. The number of benzene rings is 3. The van der Waals surface area contributed by atoms with Crippen molar-refractivity contribution in [2.75, 3.05) is 16.0 Å². The highest BCUT2D eigenvalue weighted by Crippen LogP contribution is 2.33. The molecule has 3 aromatic carbocycles. The number of fused-ring (bicyclic) bond motifs is 2. The molecule has 0 unspecified atom stereocenters. The van der Waals surface area contributed by atoms with Gasteiger partial charge in [-0.3, -0.25) is 0 Å². The van der Waals surface area contributed by atoms with Crippen LogP contribution in [-0.4, -0.2) is 11.0 Å². The fourth-order valence-electron chi connectivity index (χ4n) is 4.00. The normalized spacial score (nSPS) is 14.8. The zero-order chi connectivity index (χ0) is 21.2. The van der Waals surface area contributed by atoms with Crippen molar-refractivity contribution in [2.45, 2.75) is 18.9 Å². The zero-order valence-electron chi connectivity index (χ0n) is 16.7. The molecule has 2 amide bonds. The summed E-state index contributed by atoms with van der Waals surface area (Å²) in [4.78, 5) is 16.9. The fourth-order valence-corrected chi connectivity index (χ4v) is 4.00. The second kappa shape index (κ2) is 8.07. The Hall–Kier alpha value is -3.93. The summed E-state index contributed by atoms with van der Waals surface area (Å²) in [6.45, 7) is 0. The Morgan fingerprint density at radius 3 is 2.55 bits per heavy atom. The lowest BCUT2D eigenvalue weighted by atomic mass is 10.1. The molecule has 1 aliphatic rings. The van der Waals surface area contributed by atoms with Crippen LogP contribution in [0, 0.1) is 5.82 Å². The lowest BCUT2D eigenvalue weighted by molar-refractivity contribution is 0.262. The molecule has 154 valence electrons. The first-order valence-electron chi connectivity index (χ1n) is 10.2. The molecular formula is C25H21FN4O. The Balaban J connectivity index is 1.28. The van der Waals surface area contributed by atoms with Gasteiger partial charge in [0.2, 0.25) is 0 Å². The highest BCUT2D eigenvalue weighted by molar-refractivity contribution is 6.01. The summed E-state index contributed by atoms with van der Waals surface area (Å²) in [6.07, 6.45) is 2.14. The number of nitrogens with one attached hydrogen (secondary N) is 3. The number of nitrogens with zero attached hydrogens (tertiary/aromatic N) is 1. The summed E-state index contributed by atoms with van der Waals surface area (Å²) < 4.78 is 13.0. The number of aromatic nitrogens is 1. The van der Waals surface area contributed by atoms with Crippen LogP contribution in [-0.2, 0) is 6.42 Å². The Morgan fingerprint density at radius 1 is 0.903 bits per heavy atom. The van der Waals surface area contributed by atoms with E-state index >= 15 is 0 Å².